The number of para-hydroxylation sites is 2. The lowest BCUT2D eigenvalue weighted by Crippen LogP contribution is -2.61. The van der Waals surface area contributed by atoms with Crippen LogP contribution in [0.5, 0.6) is 0 Å². The molecule has 8 aromatic rings. The molecule has 7 aromatic carbocycles. The Hall–Kier alpha value is -6.20. The van der Waals surface area contributed by atoms with E-state index >= 15 is 0 Å². The van der Waals surface area contributed by atoms with Gasteiger partial charge in [0.1, 0.15) is 5.58 Å². The van der Waals surface area contributed by atoms with Gasteiger partial charge in [-0.15, -0.1) is 0 Å². The first-order valence-corrected chi connectivity index (χ1v) is 25.3. The van der Waals surface area contributed by atoms with Crippen LogP contribution in [-0.2, 0) is 21.7 Å². The monoisotopic (exact) mass is 892 g/mol. The second-order valence-corrected chi connectivity index (χ2v) is 24.3. The highest BCUT2D eigenvalue weighted by atomic mass is 16.3. The molecule has 5 heteroatoms. The van der Waals surface area contributed by atoms with Gasteiger partial charge < -0.3 is 19.1 Å². The summed E-state index contributed by atoms with van der Waals surface area (Å²) in [7, 11) is 0. The van der Waals surface area contributed by atoms with Crippen molar-refractivity contribution in [3.05, 3.63) is 161 Å². The highest BCUT2D eigenvalue weighted by Gasteiger charge is 2.58. The van der Waals surface area contributed by atoms with Crippen LogP contribution >= 0.6 is 0 Å². The molecule has 0 saturated heterocycles. The molecule has 2 atom stereocenters. The standard InChI is InChI=1S/C63H66BN3O/c1-39-34-54-57-55(35-39)66(52-20-17-19-46-45-18-13-14-21-56(45)68-58(46)52)53-38-44(67-50-30-24-41(60(5,6)7)36-47(50)62(11)32-15-16-33-63(62,67)12)28-29-48(53)64(57)49-37-42(61(8,9)10)25-31-51(49)65(54)43-26-22-40(23-27-43)59(2,3)4/h13-14,17-31,34-38H,15-16,32-33H2,1-12H3. The van der Waals surface area contributed by atoms with Gasteiger partial charge in [-0.25, -0.2) is 0 Å². The number of anilines is 8. The van der Waals surface area contributed by atoms with Crippen LogP contribution in [0.2, 0.25) is 0 Å². The van der Waals surface area contributed by atoms with Crippen LogP contribution < -0.4 is 31.1 Å². The summed E-state index contributed by atoms with van der Waals surface area (Å²) in [6.07, 6.45) is 4.82. The largest absolute Gasteiger partial charge is 0.454 e. The number of benzene rings is 7. The van der Waals surface area contributed by atoms with Crippen molar-refractivity contribution in [2.24, 2.45) is 0 Å². The Morgan fingerprint density at radius 1 is 0.500 bits per heavy atom. The number of hydrogen-bond acceptors (Lipinski definition) is 4. The van der Waals surface area contributed by atoms with Gasteiger partial charge in [-0.3, -0.25) is 0 Å². The normalized spacial score (nSPS) is 19.8. The molecular formula is C63H66BN3O. The number of nitrogens with zero attached hydrogens (tertiary/aromatic N) is 3. The molecule has 0 spiro atoms. The van der Waals surface area contributed by atoms with Crippen molar-refractivity contribution in [1.29, 1.82) is 0 Å². The van der Waals surface area contributed by atoms with Crippen LogP contribution in [0.1, 0.15) is 130 Å². The lowest BCUT2D eigenvalue weighted by Gasteiger charge is -2.50. The van der Waals surface area contributed by atoms with E-state index in [4.69, 9.17) is 4.42 Å². The number of fused-ring (bicyclic) bond motifs is 10. The van der Waals surface area contributed by atoms with E-state index in [0.29, 0.717) is 0 Å². The van der Waals surface area contributed by atoms with Gasteiger partial charge in [0.2, 0.25) is 0 Å². The second-order valence-electron chi connectivity index (χ2n) is 24.3. The molecule has 1 aliphatic carbocycles. The number of hydrogen-bond donors (Lipinski definition) is 0. The van der Waals surface area contributed by atoms with Crippen molar-refractivity contribution in [2.45, 2.75) is 136 Å². The Bertz CT molecular complexity index is 3380. The molecule has 1 fully saturated rings. The van der Waals surface area contributed by atoms with Gasteiger partial charge in [-0.05, 0) is 148 Å². The van der Waals surface area contributed by atoms with Gasteiger partial charge in [0.25, 0.3) is 6.71 Å². The fraction of sp³-hybridized carbons (Fsp3) is 0.333. The predicted octanol–water partition coefficient (Wildman–Crippen LogP) is 15.6. The van der Waals surface area contributed by atoms with Crippen molar-refractivity contribution in [1.82, 2.24) is 0 Å². The number of aryl methyl sites for hydroxylation is 1. The van der Waals surface area contributed by atoms with E-state index < -0.39 is 0 Å². The highest BCUT2D eigenvalue weighted by molar-refractivity contribution is 7.00. The average molecular weight is 892 g/mol. The minimum absolute atomic E-state index is 0.00563. The third-order valence-corrected chi connectivity index (χ3v) is 16.9. The van der Waals surface area contributed by atoms with Crippen molar-refractivity contribution in [3.8, 4) is 0 Å². The molecule has 68 heavy (non-hydrogen) atoms. The molecule has 1 aromatic heterocycles. The van der Waals surface area contributed by atoms with E-state index in [-0.39, 0.29) is 33.9 Å². The first-order valence-electron chi connectivity index (χ1n) is 25.3. The molecule has 3 aliphatic heterocycles. The van der Waals surface area contributed by atoms with Crippen LogP contribution in [0, 0.1) is 6.92 Å². The van der Waals surface area contributed by atoms with Crippen molar-refractivity contribution in [2.75, 3.05) is 14.7 Å². The maximum atomic E-state index is 6.99. The van der Waals surface area contributed by atoms with Crippen LogP contribution in [0.4, 0.5) is 45.5 Å². The summed E-state index contributed by atoms with van der Waals surface area (Å²) in [4.78, 5) is 7.89. The lowest BCUT2D eigenvalue weighted by atomic mass is 9.33. The van der Waals surface area contributed by atoms with Gasteiger partial charge in [-0.1, -0.05) is 155 Å². The minimum atomic E-state index is -0.0969. The van der Waals surface area contributed by atoms with E-state index in [1.165, 1.54) is 103 Å². The SMILES string of the molecule is Cc1cc2c3c(c1)N(c1cccc4c1oc1ccccc14)c1cc(N4c5ccc(C(C)(C)C)cc5C5(C)CCCCC45C)ccc1B3c1cc(C(C)(C)C)ccc1N2c1ccc(C(C)(C)C)cc1. The molecule has 4 nitrogen and oxygen atoms in total. The summed E-state index contributed by atoms with van der Waals surface area (Å²) in [5, 5.41) is 2.27. The van der Waals surface area contributed by atoms with Gasteiger partial charge >= 0.3 is 0 Å². The predicted molar refractivity (Wildman–Crippen MR) is 291 cm³/mol. The molecule has 2 unspecified atom stereocenters. The summed E-state index contributed by atoms with van der Waals surface area (Å²) in [6.45, 7) is 28.4. The molecule has 0 N–H and O–H groups in total. The molecule has 1 saturated carbocycles. The Kier molecular flexibility index (Phi) is 9.14. The van der Waals surface area contributed by atoms with E-state index in [1.54, 1.807) is 0 Å². The van der Waals surface area contributed by atoms with Gasteiger partial charge in [-0.2, -0.15) is 0 Å². The Balaban J connectivity index is 1.16. The highest BCUT2D eigenvalue weighted by Crippen LogP contribution is 2.62. The Morgan fingerprint density at radius 3 is 1.84 bits per heavy atom. The maximum absolute atomic E-state index is 6.99. The molecule has 0 radical (unpaired) electrons. The lowest BCUT2D eigenvalue weighted by molar-refractivity contribution is 0.195. The molecule has 0 bridgehead atoms. The molecule has 4 heterocycles. The third kappa shape index (κ3) is 6.12. The third-order valence-electron chi connectivity index (χ3n) is 16.9. The van der Waals surface area contributed by atoms with Gasteiger partial charge in [0.05, 0.1) is 11.2 Å². The van der Waals surface area contributed by atoms with Crippen molar-refractivity contribution in [3.63, 3.8) is 0 Å². The summed E-state index contributed by atoms with van der Waals surface area (Å²) in [6, 6.07) is 51.7. The Morgan fingerprint density at radius 2 is 1.12 bits per heavy atom. The molecule has 0 amide bonds. The fourth-order valence-electron chi connectivity index (χ4n) is 12.9. The first-order chi connectivity index (χ1) is 32.3. The first kappa shape index (κ1) is 43.1. The maximum Gasteiger partial charge on any atom is 0.252 e. The fourth-order valence-corrected chi connectivity index (χ4v) is 12.9. The smallest absolute Gasteiger partial charge is 0.252 e. The second kappa shape index (κ2) is 14.4. The zero-order chi connectivity index (χ0) is 47.4. The van der Waals surface area contributed by atoms with Crippen LogP contribution in [0.25, 0.3) is 21.9 Å². The van der Waals surface area contributed by atoms with Crippen molar-refractivity contribution < 1.29 is 4.42 Å². The number of furan rings is 1. The van der Waals surface area contributed by atoms with Crippen LogP contribution in [0.3, 0.4) is 0 Å². The van der Waals surface area contributed by atoms with Crippen molar-refractivity contribution >= 4 is 90.5 Å². The van der Waals surface area contributed by atoms with Crippen LogP contribution in [-0.4, -0.2) is 12.3 Å². The molecular weight excluding hydrogens is 826 g/mol. The zero-order valence-electron chi connectivity index (χ0n) is 42.4. The molecule has 12 rings (SSSR count). The summed E-state index contributed by atoms with van der Waals surface area (Å²) in [5.74, 6) is 0. The topological polar surface area (TPSA) is 22.9 Å². The van der Waals surface area contributed by atoms with Gasteiger partial charge in [0.15, 0.2) is 5.58 Å². The van der Waals surface area contributed by atoms with Crippen LogP contribution in [0.15, 0.2) is 138 Å². The average Bonchev–Trinajstić information content (AvgIpc) is 3.77. The summed E-state index contributed by atoms with van der Waals surface area (Å²) < 4.78 is 6.99. The summed E-state index contributed by atoms with van der Waals surface area (Å²) >= 11 is 0. The zero-order valence-corrected chi connectivity index (χ0v) is 42.4. The van der Waals surface area contributed by atoms with E-state index in [9.17, 15) is 0 Å². The van der Waals surface area contributed by atoms with Gasteiger partial charge in [0, 0.05) is 56.0 Å². The minimum Gasteiger partial charge on any atom is -0.454 e. The Labute approximate surface area is 405 Å². The van der Waals surface area contributed by atoms with E-state index in [2.05, 4.69) is 231 Å². The van der Waals surface area contributed by atoms with E-state index in [0.717, 1.165) is 34.0 Å². The quantitative estimate of drug-likeness (QED) is 0.165. The molecule has 342 valence electrons. The number of rotatable bonds is 3. The summed E-state index contributed by atoms with van der Waals surface area (Å²) in [5.41, 5.74) is 22.3. The van der Waals surface area contributed by atoms with E-state index in [1.807, 2.05) is 0 Å². The molecule has 4 aliphatic rings.